The Morgan fingerprint density at radius 2 is 2.00 bits per heavy atom. The molecule has 0 N–H and O–H groups in total. The summed E-state index contributed by atoms with van der Waals surface area (Å²) in [5.41, 5.74) is 0.626. The predicted octanol–water partition coefficient (Wildman–Crippen LogP) is 3.63. The van der Waals surface area contributed by atoms with Gasteiger partial charge in [-0.1, -0.05) is 6.07 Å². The second kappa shape index (κ2) is 5.33. The van der Waals surface area contributed by atoms with Crippen LogP contribution < -0.4 is 4.90 Å². The third-order valence-corrected chi connectivity index (χ3v) is 6.56. The van der Waals surface area contributed by atoms with Crippen molar-refractivity contribution in [3.05, 3.63) is 52.5 Å². The fourth-order valence-corrected chi connectivity index (χ4v) is 5.65. The molecule has 1 amide bonds. The van der Waals surface area contributed by atoms with Crippen molar-refractivity contribution in [2.45, 2.75) is 11.4 Å². The van der Waals surface area contributed by atoms with E-state index in [1.165, 1.54) is 21.9 Å². The van der Waals surface area contributed by atoms with Crippen molar-refractivity contribution in [1.29, 1.82) is 0 Å². The molecular weight excluding hydrogens is 339 g/mol. The van der Waals surface area contributed by atoms with E-state index in [1.54, 1.807) is 35.2 Å². The van der Waals surface area contributed by atoms with Crippen LogP contribution in [0.2, 0.25) is 0 Å². The molecule has 3 nitrogen and oxygen atoms in total. The van der Waals surface area contributed by atoms with Gasteiger partial charge in [-0.2, -0.15) is 0 Å². The van der Waals surface area contributed by atoms with Gasteiger partial charge in [0, 0.05) is 10.6 Å². The second-order valence-corrected chi connectivity index (χ2v) is 7.51. The molecule has 0 bridgehead atoms. The average Bonchev–Trinajstić information content (AvgIpc) is 3.21. The van der Waals surface area contributed by atoms with Crippen molar-refractivity contribution in [3.63, 3.8) is 0 Å². The molecular formula is C15H11FN2OS3. The molecule has 0 saturated carbocycles. The molecule has 1 aromatic carbocycles. The van der Waals surface area contributed by atoms with Crippen LogP contribution in [0, 0.1) is 5.82 Å². The summed E-state index contributed by atoms with van der Waals surface area (Å²) in [6.45, 7) is 0. The summed E-state index contributed by atoms with van der Waals surface area (Å²) in [4.78, 5) is 17.4. The van der Waals surface area contributed by atoms with Crippen molar-refractivity contribution < 1.29 is 9.18 Å². The number of carbonyl (C=O) groups is 1. The molecule has 0 unspecified atom stereocenters. The van der Waals surface area contributed by atoms with Crippen LogP contribution in [0.3, 0.4) is 0 Å². The lowest BCUT2D eigenvalue weighted by Gasteiger charge is -2.24. The first kappa shape index (κ1) is 14.2. The monoisotopic (exact) mass is 350 g/mol. The normalized spacial score (nSPS) is 24.2. The van der Waals surface area contributed by atoms with Gasteiger partial charge in [-0.25, -0.2) is 4.39 Å². The zero-order chi connectivity index (χ0) is 15.3. The number of fused-ring (bicyclic) bond motifs is 1. The number of anilines is 1. The minimum atomic E-state index is -0.325. The summed E-state index contributed by atoms with van der Waals surface area (Å²) in [5, 5.41) is 2.62. The number of amides is 1. The van der Waals surface area contributed by atoms with Gasteiger partial charge in [0.2, 0.25) is 0 Å². The summed E-state index contributed by atoms with van der Waals surface area (Å²) >= 11 is 8.96. The van der Waals surface area contributed by atoms with E-state index in [0.717, 1.165) is 5.75 Å². The zero-order valence-electron chi connectivity index (χ0n) is 11.3. The number of thiophene rings is 1. The number of thioether (sulfide) groups is 1. The molecule has 2 aliphatic rings. The first-order valence-electron chi connectivity index (χ1n) is 6.73. The Hall–Kier alpha value is -1.44. The number of nitrogens with zero attached hydrogens (tertiary/aromatic N) is 2. The van der Waals surface area contributed by atoms with Crippen molar-refractivity contribution >= 4 is 52.0 Å². The molecule has 2 aliphatic heterocycles. The van der Waals surface area contributed by atoms with Crippen molar-refractivity contribution in [3.8, 4) is 0 Å². The van der Waals surface area contributed by atoms with Crippen molar-refractivity contribution in [2.24, 2.45) is 0 Å². The Kier molecular flexibility index (Phi) is 3.43. The molecule has 0 aliphatic carbocycles. The zero-order valence-corrected chi connectivity index (χ0v) is 13.8. The number of halogens is 1. The van der Waals surface area contributed by atoms with E-state index in [0.29, 0.717) is 10.8 Å². The summed E-state index contributed by atoms with van der Waals surface area (Å²) < 4.78 is 13.1. The summed E-state index contributed by atoms with van der Waals surface area (Å²) in [7, 11) is 0. The van der Waals surface area contributed by atoms with Gasteiger partial charge >= 0.3 is 0 Å². The number of carbonyl (C=O) groups excluding carboxylic acids is 1. The first-order chi connectivity index (χ1) is 10.7. The largest absolute Gasteiger partial charge is 0.319 e. The Bertz CT molecular complexity index is 732. The Morgan fingerprint density at radius 1 is 1.23 bits per heavy atom. The van der Waals surface area contributed by atoms with Crippen molar-refractivity contribution in [1.82, 2.24) is 4.90 Å². The van der Waals surface area contributed by atoms with Crippen LogP contribution in [0.15, 0.2) is 41.8 Å². The van der Waals surface area contributed by atoms with Crippen LogP contribution in [-0.4, -0.2) is 27.7 Å². The highest BCUT2D eigenvalue weighted by Crippen LogP contribution is 2.47. The molecule has 7 heteroatoms. The maximum Gasteiger partial charge on any atom is 0.257 e. The van der Waals surface area contributed by atoms with Crippen LogP contribution in [0.4, 0.5) is 10.1 Å². The molecule has 112 valence electrons. The van der Waals surface area contributed by atoms with E-state index in [-0.39, 0.29) is 23.1 Å². The van der Waals surface area contributed by atoms with Gasteiger partial charge in [0.1, 0.15) is 17.2 Å². The molecule has 3 heterocycles. The van der Waals surface area contributed by atoms with Crippen LogP contribution in [0.5, 0.6) is 0 Å². The summed E-state index contributed by atoms with van der Waals surface area (Å²) in [6, 6.07) is 9.73. The van der Waals surface area contributed by atoms with Gasteiger partial charge in [-0.15, -0.1) is 23.1 Å². The van der Waals surface area contributed by atoms with Crippen LogP contribution in [-0.2, 0) is 4.79 Å². The minimum Gasteiger partial charge on any atom is -0.319 e. The SMILES string of the molecule is O=C1[C@H]2CS[C@@H](c3cccs3)N2C(=S)N1c1ccc(F)cc1. The quantitative estimate of drug-likeness (QED) is 0.772. The fraction of sp³-hybridized carbons (Fsp3) is 0.200. The lowest BCUT2D eigenvalue weighted by atomic mass is 10.2. The highest BCUT2D eigenvalue weighted by atomic mass is 32.2. The van der Waals surface area contributed by atoms with E-state index < -0.39 is 0 Å². The van der Waals surface area contributed by atoms with E-state index in [1.807, 2.05) is 16.3 Å². The Morgan fingerprint density at radius 3 is 2.68 bits per heavy atom. The average molecular weight is 350 g/mol. The van der Waals surface area contributed by atoms with Crippen LogP contribution >= 0.6 is 35.3 Å². The molecule has 0 radical (unpaired) electrons. The third-order valence-electron chi connectivity index (χ3n) is 3.79. The van der Waals surface area contributed by atoms with Gasteiger partial charge in [0.05, 0.1) is 5.69 Å². The topological polar surface area (TPSA) is 23.6 Å². The van der Waals surface area contributed by atoms with E-state index >= 15 is 0 Å². The van der Waals surface area contributed by atoms with E-state index in [4.69, 9.17) is 12.2 Å². The molecule has 2 fully saturated rings. The van der Waals surface area contributed by atoms with Gasteiger partial charge in [0.15, 0.2) is 5.11 Å². The highest BCUT2D eigenvalue weighted by Gasteiger charge is 2.51. The second-order valence-electron chi connectivity index (χ2n) is 5.06. The van der Waals surface area contributed by atoms with Gasteiger partial charge < -0.3 is 4.90 Å². The molecule has 22 heavy (non-hydrogen) atoms. The predicted molar refractivity (Wildman–Crippen MR) is 91.6 cm³/mol. The highest BCUT2D eigenvalue weighted by molar-refractivity contribution is 8.00. The lowest BCUT2D eigenvalue weighted by Crippen LogP contribution is -2.33. The smallest absolute Gasteiger partial charge is 0.257 e. The van der Waals surface area contributed by atoms with Crippen LogP contribution in [0.25, 0.3) is 0 Å². The van der Waals surface area contributed by atoms with Gasteiger partial charge in [0.25, 0.3) is 5.91 Å². The Labute approximate surface area is 140 Å². The first-order valence-corrected chi connectivity index (χ1v) is 9.07. The minimum absolute atomic E-state index is 0.0248. The molecule has 1 aromatic heterocycles. The third kappa shape index (κ3) is 2.07. The van der Waals surface area contributed by atoms with E-state index in [2.05, 4.69) is 6.07 Å². The molecule has 4 rings (SSSR count). The summed E-state index contributed by atoms with van der Waals surface area (Å²) in [5.74, 6) is 0.371. The Balaban J connectivity index is 1.69. The number of benzene rings is 1. The maximum absolute atomic E-state index is 13.1. The lowest BCUT2D eigenvalue weighted by molar-refractivity contribution is -0.119. The molecule has 2 atom stereocenters. The molecule has 2 aromatic rings. The van der Waals surface area contributed by atoms with Gasteiger partial charge in [-0.05, 0) is 47.9 Å². The van der Waals surface area contributed by atoms with E-state index in [9.17, 15) is 9.18 Å². The standard InChI is InChI=1S/C15H11FN2OS3/c16-9-3-5-10(6-4-9)17-13(19)11-8-22-14(18(11)15(17)20)12-2-1-7-21-12/h1-7,11,14H,8H2/t11-,14+/m1/s1. The number of thiocarbonyl (C=S) groups is 1. The maximum atomic E-state index is 13.1. The summed E-state index contributed by atoms with van der Waals surface area (Å²) in [6.07, 6.45) is 0. The number of hydrogen-bond donors (Lipinski definition) is 0. The van der Waals surface area contributed by atoms with Crippen LogP contribution in [0.1, 0.15) is 10.3 Å². The van der Waals surface area contributed by atoms with Crippen molar-refractivity contribution in [2.75, 3.05) is 10.7 Å². The molecule has 2 saturated heterocycles. The number of hydrogen-bond acceptors (Lipinski definition) is 4. The molecule has 0 spiro atoms. The fourth-order valence-electron chi connectivity index (χ4n) is 2.77. The number of rotatable bonds is 2. The van der Waals surface area contributed by atoms with Gasteiger partial charge in [-0.3, -0.25) is 9.69 Å².